The SMILES string of the molecule is CC(C)(C)CC(CO)NC(=O)/C=C/C(=O)Nc1ccc(F)cc1. The first-order chi connectivity index (χ1) is 10.7. The molecule has 126 valence electrons. The standard InChI is InChI=1S/C17H23FN2O3/c1-17(2,3)10-14(11-21)20-16(23)9-8-15(22)19-13-6-4-12(18)5-7-13/h4-9,14,21H,10-11H2,1-3H3,(H,19,22)(H,20,23)/b9-8+. The zero-order valence-electron chi connectivity index (χ0n) is 13.6. The van der Waals surface area contributed by atoms with E-state index in [1.807, 2.05) is 20.8 Å². The third kappa shape index (κ3) is 8.11. The molecule has 0 aromatic heterocycles. The third-order valence-electron chi connectivity index (χ3n) is 2.92. The summed E-state index contributed by atoms with van der Waals surface area (Å²) in [5.74, 6) is -1.35. The molecule has 0 aliphatic carbocycles. The van der Waals surface area contributed by atoms with Crippen molar-refractivity contribution in [2.24, 2.45) is 5.41 Å². The molecule has 1 aromatic carbocycles. The molecular formula is C17H23FN2O3. The molecule has 0 saturated carbocycles. The van der Waals surface area contributed by atoms with Gasteiger partial charge in [-0.05, 0) is 36.1 Å². The minimum absolute atomic E-state index is 0.0374. The van der Waals surface area contributed by atoms with Crippen molar-refractivity contribution in [2.45, 2.75) is 33.2 Å². The van der Waals surface area contributed by atoms with Crippen LogP contribution in [0, 0.1) is 11.2 Å². The fourth-order valence-electron chi connectivity index (χ4n) is 2.02. The quantitative estimate of drug-likeness (QED) is 0.703. The molecular weight excluding hydrogens is 299 g/mol. The van der Waals surface area contributed by atoms with Crippen molar-refractivity contribution in [3.8, 4) is 0 Å². The molecule has 1 atom stereocenters. The molecule has 0 aliphatic heterocycles. The van der Waals surface area contributed by atoms with Crippen LogP contribution in [0.2, 0.25) is 0 Å². The minimum Gasteiger partial charge on any atom is -0.394 e. The number of hydrogen-bond donors (Lipinski definition) is 3. The van der Waals surface area contributed by atoms with Crippen LogP contribution in [0.4, 0.5) is 10.1 Å². The summed E-state index contributed by atoms with van der Waals surface area (Å²) in [7, 11) is 0. The smallest absolute Gasteiger partial charge is 0.248 e. The maximum Gasteiger partial charge on any atom is 0.248 e. The van der Waals surface area contributed by atoms with Gasteiger partial charge in [-0.3, -0.25) is 9.59 Å². The van der Waals surface area contributed by atoms with Crippen molar-refractivity contribution in [2.75, 3.05) is 11.9 Å². The van der Waals surface area contributed by atoms with Gasteiger partial charge in [0.15, 0.2) is 0 Å². The van der Waals surface area contributed by atoms with Crippen LogP contribution in [-0.4, -0.2) is 29.6 Å². The molecule has 0 heterocycles. The molecule has 2 amide bonds. The molecule has 0 bridgehead atoms. The van der Waals surface area contributed by atoms with E-state index in [2.05, 4.69) is 10.6 Å². The number of amides is 2. The Labute approximate surface area is 135 Å². The van der Waals surface area contributed by atoms with Crippen molar-refractivity contribution in [1.29, 1.82) is 0 Å². The Bertz CT molecular complexity index is 562. The fraction of sp³-hybridized carbons (Fsp3) is 0.412. The van der Waals surface area contributed by atoms with E-state index in [-0.39, 0.29) is 18.1 Å². The van der Waals surface area contributed by atoms with Gasteiger partial charge in [0.2, 0.25) is 11.8 Å². The Morgan fingerprint density at radius 2 is 1.74 bits per heavy atom. The van der Waals surface area contributed by atoms with Gasteiger partial charge in [-0.25, -0.2) is 4.39 Å². The maximum atomic E-state index is 12.8. The van der Waals surface area contributed by atoms with Gasteiger partial charge in [0, 0.05) is 17.8 Å². The van der Waals surface area contributed by atoms with Gasteiger partial charge in [0.1, 0.15) is 5.82 Å². The number of nitrogens with one attached hydrogen (secondary N) is 2. The molecule has 0 saturated heterocycles. The average molecular weight is 322 g/mol. The maximum absolute atomic E-state index is 12.8. The number of aliphatic hydroxyl groups excluding tert-OH is 1. The van der Waals surface area contributed by atoms with E-state index in [0.29, 0.717) is 12.1 Å². The van der Waals surface area contributed by atoms with E-state index in [4.69, 9.17) is 0 Å². The molecule has 1 aromatic rings. The number of rotatable bonds is 6. The average Bonchev–Trinajstić information content (AvgIpc) is 2.45. The summed E-state index contributed by atoms with van der Waals surface area (Å²) >= 11 is 0. The van der Waals surface area contributed by atoms with Crippen LogP contribution in [0.5, 0.6) is 0 Å². The molecule has 0 radical (unpaired) electrons. The summed E-state index contributed by atoms with van der Waals surface area (Å²) in [5, 5.41) is 14.4. The molecule has 1 unspecified atom stereocenters. The lowest BCUT2D eigenvalue weighted by Gasteiger charge is -2.24. The molecule has 1 rings (SSSR count). The molecule has 5 nitrogen and oxygen atoms in total. The van der Waals surface area contributed by atoms with Crippen molar-refractivity contribution >= 4 is 17.5 Å². The summed E-state index contributed by atoms with van der Waals surface area (Å²) in [6, 6.07) is 4.93. The van der Waals surface area contributed by atoms with Gasteiger partial charge in [-0.2, -0.15) is 0 Å². The normalized spacial score (nSPS) is 12.9. The number of halogens is 1. The summed E-state index contributed by atoms with van der Waals surface area (Å²) in [5.41, 5.74) is 0.395. The van der Waals surface area contributed by atoms with E-state index < -0.39 is 17.6 Å². The lowest BCUT2D eigenvalue weighted by molar-refractivity contribution is -0.118. The van der Waals surface area contributed by atoms with Crippen molar-refractivity contribution in [1.82, 2.24) is 5.32 Å². The molecule has 0 aliphatic rings. The summed E-state index contributed by atoms with van der Waals surface area (Å²) < 4.78 is 12.8. The zero-order chi connectivity index (χ0) is 17.5. The van der Waals surface area contributed by atoms with Crippen LogP contribution in [0.25, 0.3) is 0 Å². The second-order valence-corrected chi connectivity index (χ2v) is 6.48. The Morgan fingerprint density at radius 3 is 2.26 bits per heavy atom. The topological polar surface area (TPSA) is 78.4 Å². The monoisotopic (exact) mass is 322 g/mol. The number of benzene rings is 1. The van der Waals surface area contributed by atoms with Crippen LogP contribution < -0.4 is 10.6 Å². The zero-order valence-corrected chi connectivity index (χ0v) is 13.6. The highest BCUT2D eigenvalue weighted by atomic mass is 19.1. The van der Waals surface area contributed by atoms with Crippen molar-refractivity contribution in [3.63, 3.8) is 0 Å². The van der Waals surface area contributed by atoms with Crippen molar-refractivity contribution < 1.29 is 19.1 Å². The second kappa shape index (κ2) is 8.43. The van der Waals surface area contributed by atoms with E-state index in [1.54, 1.807) is 0 Å². The Balaban J connectivity index is 2.50. The molecule has 23 heavy (non-hydrogen) atoms. The highest BCUT2D eigenvalue weighted by Gasteiger charge is 2.19. The predicted octanol–water partition coefficient (Wildman–Crippen LogP) is 2.23. The Kier molecular flexibility index (Phi) is 6.90. The summed E-state index contributed by atoms with van der Waals surface area (Å²) in [6.45, 7) is 5.86. The number of hydrogen-bond acceptors (Lipinski definition) is 3. The Hall–Kier alpha value is -2.21. The second-order valence-electron chi connectivity index (χ2n) is 6.48. The predicted molar refractivity (Wildman–Crippen MR) is 87.3 cm³/mol. The van der Waals surface area contributed by atoms with E-state index in [0.717, 1.165) is 12.2 Å². The minimum atomic E-state index is -0.497. The third-order valence-corrected chi connectivity index (χ3v) is 2.92. The number of carbonyl (C=O) groups excluding carboxylic acids is 2. The highest BCUT2D eigenvalue weighted by Crippen LogP contribution is 2.20. The number of aliphatic hydroxyl groups is 1. The largest absolute Gasteiger partial charge is 0.394 e. The number of carbonyl (C=O) groups is 2. The molecule has 0 spiro atoms. The fourth-order valence-corrected chi connectivity index (χ4v) is 2.02. The molecule has 6 heteroatoms. The van der Waals surface area contributed by atoms with Crippen LogP contribution in [0.1, 0.15) is 27.2 Å². The van der Waals surface area contributed by atoms with Crippen LogP contribution >= 0.6 is 0 Å². The van der Waals surface area contributed by atoms with Crippen LogP contribution in [-0.2, 0) is 9.59 Å². The van der Waals surface area contributed by atoms with Crippen LogP contribution in [0.3, 0.4) is 0 Å². The first-order valence-corrected chi connectivity index (χ1v) is 7.35. The lowest BCUT2D eigenvalue weighted by atomic mass is 9.88. The lowest BCUT2D eigenvalue weighted by Crippen LogP contribution is -2.39. The molecule has 3 N–H and O–H groups in total. The highest BCUT2D eigenvalue weighted by molar-refractivity contribution is 6.03. The first kappa shape index (κ1) is 18.8. The van der Waals surface area contributed by atoms with Gasteiger partial charge in [-0.1, -0.05) is 20.8 Å². The Morgan fingerprint density at radius 1 is 1.17 bits per heavy atom. The van der Waals surface area contributed by atoms with Gasteiger partial charge < -0.3 is 15.7 Å². The van der Waals surface area contributed by atoms with Gasteiger partial charge in [0.05, 0.1) is 12.6 Å². The summed E-state index contributed by atoms with van der Waals surface area (Å²) in [4.78, 5) is 23.4. The van der Waals surface area contributed by atoms with Gasteiger partial charge in [0.25, 0.3) is 0 Å². The van der Waals surface area contributed by atoms with Gasteiger partial charge >= 0.3 is 0 Å². The first-order valence-electron chi connectivity index (χ1n) is 7.35. The van der Waals surface area contributed by atoms with E-state index >= 15 is 0 Å². The summed E-state index contributed by atoms with van der Waals surface area (Å²) in [6.07, 6.45) is 2.80. The number of anilines is 1. The van der Waals surface area contributed by atoms with Crippen molar-refractivity contribution in [3.05, 3.63) is 42.2 Å². The van der Waals surface area contributed by atoms with Gasteiger partial charge in [-0.15, -0.1) is 0 Å². The van der Waals surface area contributed by atoms with E-state index in [1.165, 1.54) is 24.3 Å². The van der Waals surface area contributed by atoms with E-state index in [9.17, 15) is 19.1 Å². The molecule has 0 fully saturated rings. The van der Waals surface area contributed by atoms with Crippen LogP contribution in [0.15, 0.2) is 36.4 Å².